The fraction of sp³-hybridized carbons (Fsp3) is 0.500. The molecule has 0 unspecified atom stereocenters. The van der Waals surface area contributed by atoms with Crippen molar-refractivity contribution in [3.05, 3.63) is 29.8 Å². The van der Waals surface area contributed by atoms with E-state index in [2.05, 4.69) is 6.07 Å². The third-order valence-electron chi connectivity index (χ3n) is 2.69. The largest absolute Gasteiger partial charge is 2.00 e. The van der Waals surface area contributed by atoms with Crippen molar-refractivity contribution in [1.29, 1.82) is 0 Å². The minimum Gasteiger partial charge on any atom is -1.00 e. The Hall–Kier alpha value is 0.126. The summed E-state index contributed by atoms with van der Waals surface area (Å²) in [5, 5.41) is 0. The molecule has 0 heterocycles. The molecule has 1 saturated carbocycles. The molecule has 5 heteroatoms. The van der Waals surface area contributed by atoms with Crippen molar-refractivity contribution >= 4 is 23.1 Å². The van der Waals surface area contributed by atoms with Crippen LogP contribution in [0.25, 0.3) is 0 Å². The van der Waals surface area contributed by atoms with Gasteiger partial charge >= 0.3 is 23.1 Å². The number of rotatable bonds is 2. The van der Waals surface area contributed by atoms with E-state index < -0.39 is 11.6 Å². The zero-order valence-electron chi connectivity index (χ0n) is 9.52. The van der Waals surface area contributed by atoms with Crippen LogP contribution in [0, 0.1) is 17.7 Å². The van der Waals surface area contributed by atoms with Gasteiger partial charge in [0, 0.05) is 0 Å². The molecule has 0 N–H and O–H groups in total. The van der Waals surface area contributed by atoms with Gasteiger partial charge in [-0.05, 0) is 25.7 Å². The van der Waals surface area contributed by atoms with Crippen LogP contribution in [-0.4, -0.2) is 29.2 Å². The van der Waals surface area contributed by atoms with Crippen LogP contribution in [0.2, 0.25) is 0 Å². The van der Waals surface area contributed by atoms with E-state index in [1.165, 1.54) is 6.42 Å². The molecule has 90 valence electrons. The number of ether oxygens (including phenoxy) is 1. The van der Waals surface area contributed by atoms with Crippen LogP contribution in [0.3, 0.4) is 0 Å². The number of hydrogen-bond donors (Lipinski definition) is 0. The van der Waals surface area contributed by atoms with Gasteiger partial charge in [-0.1, -0.05) is 6.42 Å². The molecule has 1 aliphatic rings. The number of benzene rings is 1. The topological polar surface area (TPSA) is 9.23 Å². The van der Waals surface area contributed by atoms with Crippen LogP contribution in [0.1, 0.15) is 32.1 Å². The van der Waals surface area contributed by atoms with Crippen molar-refractivity contribution in [2.45, 2.75) is 38.2 Å². The van der Waals surface area contributed by atoms with Gasteiger partial charge in [0.25, 0.3) is 0 Å². The fourth-order valence-electron chi connectivity index (χ4n) is 1.90. The van der Waals surface area contributed by atoms with Crippen LogP contribution in [0.4, 0.5) is 8.78 Å². The van der Waals surface area contributed by atoms with E-state index >= 15 is 0 Å². The second-order valence-electron chi connectivity index (χ2n) is 3.86. The summed E-state index contributed by atoms with van der Waals surface area (Å²) in [6, 6.07) is 4.57. The first-order chi connectivity index (χ1) is 7.27. The summed E-state index contributed by atoms with van der Waals surface area (Å²) in [5.74, 6) is -1.58. The van der Waals surface area contributed by atoms with E-state index in [1.54, 1.807) is 0 Å². The molecule has 0 spiro atoms. The van der Waals surface area contributed by atoms with Crippen LogP contribution < -0.4 is 21.7 Å². The standard InChI is InChI=1S/C12H13F2O.BrH.Mg/c13-10-7-4-8-11(14)12(10)15-9-5-2-1-3-6-9;;/h7-9H,1-3,5-6H2;1H;/q-1;;+2/p-1. The zero-order valence-corrected chi connectivity index (χ0v) is 12.5. The zero-order chi connectivity index (χ0) is 10.7. The van der Waals surface area contributed by atoms with Crippen molar-refractivity contribution in [2.24, 2.45) is 0 Å². The molecule has 0 bridgehead atoms. The SMILES string of the molecule is Fc1c[c-]cc(F)c1OC1CCCCC1.[Br-].[Mg+2]. The predicted octanol–water partition coefficient (Wildman–Crippen LogP) is 0.0997. The molecule has 0 aliphatic heterocycles. The van der Waals surface area contributed by atoms with E-state index in [0.29, 0.717) is 0 Å². The van der Waals surface area contributed by atoms with E-state index in [-0.39, 0.29) is 51.9 Å². The first-order valence-corrected chi connectivity index (χ1v) is 5.29. The smallest absolute Gasteiger partial charge is 1.00 e. The molecule has 1 aromatic rings. The fourth-order valence-corrected chi connectivity index (χ4v) is 1.90. The average Bonchev–Trinajstić information content (AvgIpc) is 2.25. The maximum Gasteiger partial charge on any atom is 2.00 e. The van der Waals surface area contributed by atoms with Crippen LogP contribution in [0.15, 0.2) is 12.1 Å². The summed E-state index contributed by atoms with van der Waals surface area (Å²) < 4.78 is 31.8. The first kappa shape index (κ1) is 17.1. The van der Waals surface area contributed by atoms with Crippen molar-refractivity contribution in [2.75, 3.05) is 0 Å². The maximum atomic E-state index is 13.2. The summed E-state index contributed by atoms with van der Waals surface area (Å²) in [7, 11) is 0. The molecule has 17 heavy (non-hydrogen) atoms. The summed E-state index contributed by atoms with van der Waals surface area (Å²) in [6.07, 6.45) is 5.08. The minimum absolute atomic E-state index is 0. The molecule has 0 radical (unpaired) electrons. The number of halogens is 3. The van der Waals surface area contributed by atoms with E-state index in [4.69, 9.17) is 4.74 Å². The molecule has 1 aliphatic carbocycles. The maximum absolute atomic E-state index is 13.2. The molecule has 1 aromatic carbocycles. The summed E-state index contributed by atoms with van der Waals surface area (Å²) >= 11 is 0. The Morgan fingerprint density at radius 1 is 1.06 bits per heavy atom. The Labute approximate surface area is 127 Å². The van der Waals surface area contributed by atoms with Crippen molar-refractivity contribution in [3.8, 4) is 5.75 Å². The molecular weight excluding hydrogens is 302 g/mol. The molecule has 2 rings (SSSR count). The third kappa shape index (κ3) is 4.71. The predicted molar refractivity (Wildman–Crippen MR) is 58.4 cm³/mol. The molecular formula is C12H13BrF2MgO. The summed E-state index contributed by atoms with van der Waals surface area (Å²) in [4.78, 5) is 0. The molecule has 0 atom stereocenters. The summed E-state index contributed by atoms with van der Waals surface area (Å²) in [6.45, 7) is 0. The summed E-state index contributed by atoms with van der Waals surface area (Å²) in [5.41, 5.74) is 0. The van der Waals surface area contributed by atoms with Gasteiger partial charge in [-0.2, -0.15) is 6.07 Å². The molecule has 0 aromatic heterocycles. The van der Waals surface area contributed by atoms with Gasteiger partial charge in [0.05, 0.1) is 23.5 Å². The van der Waals surface area contributed by atoms with Gasteiger partial charge in [0.15, 0.2) is 0 Å². The van der Waals surface area contributed by atoms with Crippen LogP contribution in [-0.2, 0) is 0 Å². The molecule has 1 nitrogen and oxygen atoms in total. The molecule has 1 fully saturated rings. The van der Waals surface area contributed by atoms with Gasteiger partial charge in [-0.3, -0.25) is 8.78 Å². The number of hydrogen-bond acceptors (Lipinski definition) is 1. The Balaban J connectivity index is 0.00000128. The van der Waals surface area contributed by atoms with Crippen LogP contribution in [0.5, 0.6) is 5.75 Å². The Morgan fingerprint density at radius 3 is 2.12 bits per heavy atom. The Bertz CT molecular complexity index is 323. The minimum atomic E-state index is -0.666. The Kier molecular flexibility index (Phi) is 8.33. The second-order valence-corrected chi connectivity index (χ2v) is 3.86. The van der Waals surface area contributed by atoms with Crippen LogP contribution >= 0.6 is 0 Å². The van der Waals surface area contributed by atoms with Gasteiger partial charge in [-0.15, -0.1) is 12.1 Å². The van der Waals surface area contributed by atoms with Crippen molar-refractivity contribution in [3.63, 3.8) is 0 Å². The van der Waals surface area contributed by atoms with Gasteiger partial charge in [0.1, 0.15) is 0 Å². The van der Waals surface area contributed by atoms with Crippen molar-refractivity contribution in [1.82, 2.24) is 0 Å². The second kappa shape index (κ2) is 8.27. The monoisotopic (exact) mass is 314 g/mol. The average molecular weight is 315 g/mol. The quantitative estimate of drug-likeness (QED) is 0.556. The third-order valence-corrected chi connectivity index (χ3v) is 2.69. The normalized spacial score (nSPS) is 15.6. The van der Waals surface area contributed by atoms with Crippen molar-refractivity contribution < 1.29 is 30.5 Å². The van der Waals surface area contributed by atoms with E-state index in [9.17, 15) is 8.78 Å². The van der Waals surface area contributed by atoms with Gasteiger partial charge in [-0.25, -0.2) is 0 Å². The molecule has 0 saturated heterocycles. The van der Waals surface area contributed by atoms with E-state index in [0.717, 1.165) is 37.8 Å². The van der Waals surface area contributed by atoms with Gasteiger partial charge in [0.2, 0.25) is 0 Å². The van der Waals surface area contributed by atoms with E-state index in [1.807, 2.05) is 0 Å². The first-order valence-electron chi connectivity index (χ1n) is 5.29. The van der Waals surface area contributed by atoms with Gasteiger partial charge < -0.3 is 21.7 Å². The molecule has 0 amide bonds. The Morgan fingerprint density at radius 2 is 1.59 bits per heavy atom.